The van der Waals surface area contributed by atoms with Gasteiger partial charge in [0.15, 0.2) is 0 Å². The Morgan fingerprint density at radius 3 is 2.67 bits per heavy atom. The molecule has 1 rings (SSSR count). The summed E-state index contributed by atoms with van der Waals surface area (Å²) in [6, 6.07) is 2.92. The SMILES string of the molecule is COC(=O)[C@H](N)c1ccc(F)c(Cl)c1.Cl. The maximum absolute atomic E-state index is 12.8. The van der Waals surface area contributed by atoms with Crippen molar-refractivity contribution in [3.8, 4) is 0 Å². The zero-order chi connectivity index (χ0) is 10.7. The summed E-state index contributed by atoms with van der Waals surface area (Å²) in [6.07, 6.45) is 0. The third-order valence-corrected chi connectivity index (χ3v) is 2.05. The van der Waals surface area contributed by atoms with Gasteiger partial charge in [-0.2, -0.15) is 0 Å². The lowest BCUT2D eigenvalue weighted by atomic mass is 10.1. The summed E-state index contributed by atoms with van der Waals surface area (Å²) in [6.45, 7) is 0. The van der Waals surface area contributed by atoms with E-state index in [0.717, 1.165) is 6.07 Å². The molecule has 0 aromatic heterocycles. The molecule has 2 N–H and O–H groups in total. The Hall–Kier alpha value is -0.840. The number of nitrogens with two attached hydrogens (primary N) is 1. The van der Waals surface area contributed by atoms with Gasteiger partial charge < -0.3 is 10.5 Å². The minimum absolute atomic E-state index is 0. The average Bonchev–Trinajstić information content (AvgIpc) is 2.20. The van der Waals surface area contributed by atoms with Crippen LogP contribution in [0.3, 0.4) is 0 Å². The minimum Gasteiger partial charge on any atom is -0.468 e. The smallest absolute Gasteiger partial charge is 0.327 e. The van der Waals surface area contributed by atoms with Crippen LogP contribution in [0.25, 0.3) is 0 Å². The van der Waals surface area contributed by atoms with Gasteiger partial charge in [0.25, 0.3) is 0 Å². The van der Waals surface area contributed by atoms with Gasteiger partial charge in [-0.05, 0) is 17.7 Å². The summed E-state index contributed by atoms with van der Waals surface area (Å²) in [5.41, 5.74) is 5.93. The Kier molecular flexibility index (Phi) is 5.57. The summed E-state index contributed by atoms with van der Waals surface area (Å²) < 4.78 is 17.2. The van der Waals surface area contributed by atoms with E-state index in [1.807, 2.05) is 0 Å². The number of benzene rings is 1. The molecule has 1 aromatic carbocycles. The summed E-state index contributed by atoms with van der Waals surface area (Å²) in [4.78, 5) is 11.0. The Balaban J connectivity index is 0.00000196. The molecule has 0 heterocycles. The van der Waals surface area contributed by atoms with Gasteiger partial charge in [-0.25, -0.2) is 4.39 Å². The lowest BCUT2D eigenvalue weighted by Gasteiger charge is -2.09. The molecule has 1 aromatic rings. The van der Waals surface area contributed by atoms with Crippen molar-refractivity contribution in [3.05, 3.63) is 34.6 Å². The first-order chi connectivity index (χ1) is 6.56. The van der Waals surface area contributed by atoms with E-state index in [4.69, 9.17) is 17.3 Å². The standard InChI is InChI=1S/C9H9ClFNO2.ClH/c1-14-9(13)8(12)5-2-3-7(11)6(10)4-5;/h2-4,8H,12H2,1H3;1H/t8-;/m1./s1. The van der Waals surface area contributed by atoms with Crippen molar-refractivity contribution in [1.82, 2.24) is 0 Å². The van der Waals surface area contributed by atoms with Crippen LogP contribution in [-0.4, -0.2) is 13.1 Å². The van der Waals surface area contributed by atoms with Gasteiger partial charge >= 0.3 is 5.97 Å². The van der Waals surface area contributed by atoms with Gasteiger partial charge in [0.05, 0.1) is 12.1 Å². The van der Waals surface area contributed by atoms with Crippen LogP contribution in [0, 0.1) is 5.82 Å². The molecule has 6 heteroatoms. The fourth-order valence-electron chi connectivity index (χ4n) is 0.969. The van der Waals surface area contributed by atoms with Gasteiger partial charge in [0.1, 0.15) is 11.9 Å². The number of hydrogen-bond acceptors (Lipinski definition) is 3. The molecule has 0 unspecified atom stereocenters. The van der Waals surface area contributed by atoms with Crippen LogP contribution >= 0.6 is 24.0 Å². The average molecular weight is 254 g/mol. The van der Waals surface area contributed by atoms with Gasteiger partial charge in [0, 0.05) is 0 Å². The highest BCUT2D eigenvalue weighted by molar-refractivity contribution is 6.30. The zero-order valence-electron chi connectivity index (χ0n) is 7.87. The maximum Gasteiger partial charge on any atom is 0.327 e. The van der Waals surface area contributed by atoms with Crippen LogP contribution in [0.2, 0.25) is 5.02 Å². The first kappa shape index (κ1) is 14.2. The van der Waals surface area contributed by atoms with E-state index < -0.39 is 17.8 Å². The number of ether oxygens (including phenoxy) is 1. The van der Waals surface area contributed by atoms with E-state index in [-0.39, 0.29) is 17.4 Å². The highest BCUT2D eigenvalue weighted by atomic mass is 35.5. The number of esters is 1. The monoisotopic (exact) mass is 253 g/mol. The largest absolute Gasteiger partial charge is 0.468 e. The Morgan fingerprint density at radius 2 is 2.20 bits per heavy atom. The molecule has 0 amide bonds. The second-order valence-electron chi connectivity index (χ2n) is 2.67. The third-order valence-electron chi connectivity index (χ3n) is 1.76. The fraction of sp³-hybridized carbons (Fsp3) is 0.222. The van der Waals surface area contributed by atoms with Crippen molar-refractivity contribution >= 4 is 30.0 Å². The normalized spacial score (nSPS) is 11.5. The number of hydrogen-bond donors (Lipinski definition) is 1. The van der Waals surface area contributed by atoms with Gasteiger partial charge in [0.2, 0.25) is 0 Å². The minimum atomic E-state index is -0.932. The second kappa shape index (κ2) is 5.90. The van der Waals surface area contributed by atoms with Crippen molar-refractivity contribution < 1.29 is 13.9 Å². The molecule has 0 saturated carbocycles. The van der Waals surface area contributed by atoms with E-state index in [1.54, 1.807) is 0 Å². The first-order valence-electron chi connectivity index (χ1n) is 3.84. The molecule has 0 bridgehead atoms. The van der Waals surface area contributed by atoms with Crippen molar-refractivity contribution in [2.24, 2.45) is 5.73 Å². The fourth-order valence-corrected chi connectivity index (χ4v) is 1.16. The molecule has 0 spiro atoms. The van der Waals surface area contributed by atoms with Crippen LogP contribution in [0.5, 0.6) is 0 Å². The molecule has 3 nitrogen and oxygen atoms in total. The Bertz CT molecular complexity index is 360. The molecule has 15 heavy (non-hydrogen) atoms. The van der Waals surface area contributed by atoms with Crippen LogP contribution in [0.15, 0.2) is 18.2 Å². The number of carbonyl (C=O) groups excluding carboxylic acids is 1. The number of rotatable bonds is 2. The van der Waals surface area contributed by atoms with Crippen LogP contribution in [0.1, 0.15) is 11.6 Å². The predicted octanol–water partition coefficient (Wildman–Crippen LogP) is 2.07. The molecule has 0 aliphatic rings. The van der Waals surface area contributed by atoms with Crippen molar-refractivity contribution in [3.63, 3.8) is 0 Å². The Labute approximate surface area is 97.8 Å². The summed E-state index contributed by atoms with van der Waals surface area (Å²) in [5, 5.41) is -0.0677. The first-order valence-corrected chi connectivity index (χ1v) is 4.22. The molecule has 0 aliphatic carbocycles. The van der Waals surface area contributed by atoms with E-state index in [9.17, 15) is 9.18 Å². The van der Waals surface area contributed by atoms with Crippen molar-refractivity contribution in [1.29, 1.82) is 0 Å². The highest BCUT2D eigenvalue weighted by Gasteiger charge is 2.16. The topological polar surface area (TPSA) is 52.3 Å². The molecule has 0 fully saturated rings. The quantitative estimate of drug-likeness (QED) is 0.822. The van der Waals surface area contributed by atoms with Crippen molar-refractivity contribution in [2.75, 3.05) is 7.11 Å². The van der Waals surface area contributed by atoms with Gasteiger partial charge in [-0.1, -0.05) is 17.7 Å². The van der Waals surface area contributed by atoms with Crippen molar-refractivity contribution in [2.45, 2.75) is 6.04 Å². The van der Waals surface area contributed by atoms with E-state index in [1.165, 1.54) is 19.2 Å². The zero-order valence-corrected chi connectivity index (χ0v) is 9.44. The second-order valence-corrected chi connectivity index (χ2v) is 3.08. The molecular formula is C9H10Cl2FNO2. The number of methoxy groups -OCH3 is 1. The molecule has 0 radical (unpaired) electrons. The molecular weight excluding hydrogens is 244 g/mol. The molecule has 0 saturated heterocycles. The van der Waals surface area contributed by atoms with Crippen LogP contribution < -0.4 is 5.73 Å². The van der Waals surface area contributed by atoms with Crippen LogP contribution in [-0.2, 0) is 9.53 Å². The molecule has 0 aliphatic heterocycles. The summed E-state index contributed by atoms with van der Waals surface area (Å²) in [5.74, 6) is -1.14. The Morgan fingerprint density at radius 1 is 1.60 bits per heavy atom. The van der Waals surface area contributed by atoms with Gasteiger partial charge in [-0.15, -0.1) is 12.4 Å². The predicted molar refractivity (Wildman–Crippen MR) is 57.6 cm³/mol. The maximum atomic E-state index is 12.8. The molecule has 84 valence electrons. The van der Waals surface area contributed by atoms with E-state index in [0.29, 0.717) is 5.56 Å². The highest BCUT2D eigenvalue weighted by Crippen LogP contribution is 2.20. The van der Waals surface area contributed by atoms with E-state index >= 15 is 0 Å². The number of carbonyl (C=O) groups is 1. The number of halogens is 3. The summed E-state index contributed by atoms with van der Waals surface area (Å²) in [7, 11) is 1.23. The van der Waals surface area contributed by atoms with Gasteiger partial charge in [-0.3, -0.25) is 4.79 Å². The van der Waals surface area contributed by atoms with E-state index in [2.05, 4.69) is 4.74 Å². The lowest BCUT2D eigenvalue weighted by molar-refractivity contribution is -0.142. The lowest BCUT2D eigenvalue weighted by Crippen LogP contribution is -2.22. The third kappa shape index (κ3) is 3.34. The summed E-state index contributed by atoms with van der Waals surface area (Å²) >= 11 is 5.52. The van der Waals surface area contributed by atoms with Crippen LogP contribution in [0.4, 0.5) is 4.39 Å². The molecule has 1 atom stereocenters.